The van der Waals surface area contributed by atoms with Gasteiger partial charge in [0.1, 0.15) is 0 Å². The van der Waals surface area contributed by atoms with Crippen molar-refractivity contribution in [2.75, 3.05) is 0 Å². The summed E-state index contributed by atoms with van der Waals surface area (Å²) in [6.45, 7) is 0. The normalized spacial score (nSPS) is 12.4. The second-order valence-electron chi connectivity index (χ2n) is 4.13. The first-order valence-electron chi connectivity index (χ1n) is 5.67. The van der Waals surface area contributed by atoms with Crippen LogP contribution in [-0.2, 0) is 12.8 Å². The number of aliphatic hydroxyl groups excluding tert-OH is 1. The number of hydrogen-bond donors (Lipinski definition) is 1. The smallest absolute Gasteiger partial charge is 0.159 e. The molecule has 2 rings (SSSR count). The standard InChI is InChI=1S/C14H13F2NO/c15-13-5-4-10(8-14(13)16)7-12(18)9-11-3-1-2-6-17-11/h1-6,8,12,18H,7,9H2. The van der Waals surface area contributed by atoms with Gasteiger partial charge >= 0.3 is 0 Å². The maximum absolute atomic E-state index is 13.0. The average molecular weight is 249 g/mol. The molecular formula is C14H13F2NO. The van der Waals surface area contributed by atoms with Gasteiger partial charge in [-0.15, -0.1) is 0 Å². The fourth-order valence-electron chi connectivity index (χ4n) is 1.77. The number of benzene rings is 1. The molecule has 18 heavy (non-hydrogen) atoms. The number of halogens is 2. The number of nitrogens with zero attached hydrogens (tertiary/aromatic N) is 1. The lowest BCUT2D eigenvalue weighted by Gasteiger charge is -2.10. The van der Waals surface area contributed by atoms with Crippen molar-refractivity contribution in [1.82, 2.24) is 4.98 Å². The quantitative estimate of drug-likeness (QED) is 0.903. The van der Waals surface area contributed by atoms with Crippen LogP contribution in [0.25, 0.3) is 0 Å². The Morgan fingerprint density at radius 1 is 1.06 bits per heavy atom. The van der Waals surface area contributed by atoms with Crippen LogP contribution in [0.1, 0.15) is 11.3 Å². The van der Waals surface area contributed by atoms with Crippen LogP contribution in [0.2, 0.25) is 0 Å². The summed E-state index contributed by atoms with van der Waals surface area (Å²) in [5.41, 5.74) is 1.34. The van der Waals surface area contributed by atoms with E-state index < -0.39 is 17.7 Å². The second kappa shape index (κ2) is 5.69. The van der Waals surface area contributed by atoms with Crippen molar-refractivity contribution >= 4 is 0 Å². The largest absolute Gasteiger partial charge is 0.392 e. The van der Waals surface area contributed by atoms with E-state index in [1.807, 2.05) is 12.1 Å². The predicted molar refractivity (Wildman–Crippen MR) is 64.0 cm³/mol. The van der Waals surface area contributed by atoms with E-state index in [0.717, 1.165) is 17.8 Å². The molecule has 1 heterocycles. The van der Waals surface area contributed by atoms with Gasteiger partial charge in [0.2, 0.25) is 0 Å². The van der Waals surface area contributed by atoms with Crippen molar-refractivity contribution in [1.29, 1.82) is 0 Å². The van der Waals surface area contributed by atoms with Crippen molar-refractivity contribution in [2.24, 2.45) is 0 Å². The number of rotatable bonds is 4. The summed E-state index contributed by atoms with van der Waals surface area (Å²) in [7, 11) is 0. The van der Waals surface area contributed by atoms with Gasteiger partial charge in [-0.1, -0.05) is 12.1 Å². The molecule has 1 N–H and O–H groups in total. The van der Waals surface area contributed by atoms with E-state index in [1.54, 1.807) is 12.3 Å². The summed E-state index contributed by atoms with van der Waals surface area (Å²) in [6, 6.07) is 9.10. The van der Waals surface area contributed by atoms with Crippen molar-refractivity contribution in [3.05, 3.63) is 65.5 Å². The summed E-state index contributed by atoms with van der Waals surface area (Å²) in [5.74, 6) is -1.77. The minimum atomic E-state index is -0.891. The maximum Gasteiger partial charge on any atom is 0.159 e. The highest BCUT2D eigenvalue weighted by Gasteiger charge is 2.09. The SMILES string of the molecule is OC(Cc1ccc(F)c(F)c1)Cc1ccccn1. The summed E-state index contributed by atoms with van der Waals surface area (Å²) in [5, 5.41) is 9.86. The van der Waals surface area contributed by atoms with Gasteiger partial charge in [-0.25, -0.2) is 8.78 Å². The zero-order chi connectivity index (χ0) is 13.0. The van der Waals surface area contributed by atoms with Gasteiger partial charge in [0.05, 0.1) is 6.10 Å². The molecule has 0 fully saturated rings. The van der Waals surface area contributed by atoms with Crippen LogP contribution in [0.3, 0.4) is 0 Å². The molecule has 2 nitrogen and oxygen atoms in total. The van der Waals surface area contributed by atoms with Crippen molar-refractivity contribution < 1.29 is 13.9 Å². The Morgan fingerprint density at radius 3 is 2.56 bits per heavy atom. The van der Waals surface area contributed by atoms with Gasteiger partial charge in [0, 0.05) is 18.3 Å². The molecule has 0 bridgehead atoms. The zero-order valence-corrected chi connectivity index (χ0v) is 9.68. The highest BCUT2D eigenvalue weighted by Crippen LogP contribution is 2.12. The average Bonchev–Trinajstić information content (AvgIpc) is 2.35. The molecular weight excluding hydrogens is 236 g/mol. The third-order valence-corrected chi connectivity index (χ3v) is 2.63. The van der Waals surface area contributed by atoms with E-state index in [1.165, 1.54) is 6.07 Å². The first-order chi connectivity index (χ1) is 8.65. The molecule has 0 aliphatic carbocycles. The minimum Gasteiger partial charge on any atom is -0.392 e. The third-order valence-electron chi connectivity index (χ3n) is 2.63. The topological polar surface area (TPSA) is 33.1 Å². The Kier molecular flexibility index (Phi) is 3.99. The lowest BCUT2D eigenvalue weighted by atomic mass is 10.0. The molecule has 1 aromatic carbocycles. The maximum atomic E-state index is 13.0. The Morgan fingerprint density at radius 2 is 1.89 bits per heavy atom. The van der Waals surface area contributed by atoms with E-state index in [9.17, 15) is 13.9 Å². The summed E-state index contributed by atoms with van der Waals surface area (Å²) in [6.07, 6.45) is 1.65. The van der Waals surface area contributed by atoms with Gasteiger partial charge in [-0.3, -0.25) is 4.98 Å². The molecule has 0 saturated heterocycles. The fourth-order valence-corrected chi connectivity index (χ4v) is 1.77. The molecule has 2 aromatic rings. The van der Waals surface area contributed by atoms with Gasteiger partial charge in [0.25, 0.3) is 0 Å². The molecule has 94 valence electrons. The van der Waals surface area contributed by atoms with Crippen LogP contribution >= 0.6 is 0 Å². The second-order valence-corrected chi connectivity index (χ2v) is 4.13. The molecule has 0 aliphatic rings. The van der Waals surface area contributed by atoms with E-state index in [0.29, 0.717) is 12.0 Å². The molecule has 0 spiro atoms. The lowest BCUT2D eigenvalue weighted by molar-refractivity contribution is 0.174. The number of hydrogen-bond acceptors (Lipinski definition) is 2. The Labute approximate surface area is 104 Å². The van der Waals surface area contributed by atoms with E-state index in [2.05, 4.69) is 4.98 Å². The molecule has 1 atom stereocenters. The minimum absolute atomic E-state index is 0.272. The first kappa shape index (κ1) is 12.6. The molecule has 4 heteroatoms. The van der Waals surface area contributed by atoms with Crippen LogP contribution in [-0.4, -0.2) is 16.2 Å². The van der Waals surface area contributed by atoms with E-state index in [-0.39, 0.29) is 6.42 Å². The predicted octanol–water partition coefficient (Wildman–Crippen LogP) is 2.51. The molecule has 1 unspecified atom stereocenters. The molecule has 1 aromatic heterocycles. The first-order valence-corrected chi connectivity index (χ1v) is 5.67. The number of pyridine rings is 1. The molecule has 0 aliphatic heterocycles. The summed E-state index contributed by atoms with van der Waals surface area (Å²) >= 11 is 0. The van der Waals surface area contributed by atoms with Crippen molar-refractivity contribution in [3.63, 3.8) is 0 Å². The van der Waals surface area contributed by atoms with Crippen LogP contribution in [0.5, 0.6) is 0 Å². The van der Waals surface area contributed by atoms with E-state index in [4.69, 9.17) is 0 Å². The van der Waals surface area contributed by atoms with Gasteiger partial charge in [-0.2, -0.15) is 0 Å². The van der Waals surface area contributed by atoms with Crippen molar-refractivity contribution in [2.45, 2.75) is 18.9 Å². The Hall–Kier alpha value is -1.81. The van der Waals surface area contributed by atoms with Crippen LogP contribution in [0.4, 0.5) is 8.78 Å². The van der Waals surface area contributed by atoms with Crippen molar-refractivity contribution in [3.8, 4) is 0 Å². The van der Waals surface area contributed by atoms with Crippen LogP contribution in [0.15, 0.2) is 42.6 Å². The lowest BCUT2D eigenvalue weighted by Crippen LogP contribution is -2.14. The highest BCUT2D eigenvalue weighted by atomic mass is 19.2. The molecule has 0 saturated carbocycles. The van der Waals surface area contributed by atoms with Crippen LogP contribution < -0.4 is 0 Å². The monoisotopic (exact) mass is 249 g/mol. The fraction of sp³-hybridized carbons (Fsp3) is 0.214. The third kappa shape index (κ3) is 3.34. The van der Waals surface area contributed by atoms with Gasteiger partial charge in [-0.05, 0) is 36.2 Å². The van der Waals surface area contributed by atoms with E-state index >= 15 is 0 Å². The molecule has 0 radical (unpaired) electrons. The molecule has 0 amide bonds. The summed E-state index contributed by atoms with van der Waals surface area (Å²) in [4.78, 5) is 4.10. The Bertz CT molecular complexity index is 516. The number of aromatic nitrogens is 1. The highest BCUT2D eigenvalue weighted by molar-refractivity contribution is 5.19. The van der Waals surface area contributed by atoms with Crippen LogP contribution in [0, 0.1) is 11.6 Å². The van der Waals surface area contributed by atoms with Gasteiger partial charge < -0.3 is 5.11 Å². The summed E-state index contributed by atoms with van der Waals surface area (Å²) < 4.78 is 25.7. The number of aliphatic hydroxyl groups is 1. The zero-order valence-electron chi connectivity index (χ0n) is 9.68. The Balaban J connectivity index is 1.99. The van der Waals surface area contributed by atoms with Gasteiger partial charge in [0.15, 0.2) is 11.6 Å².